The summed E-state index contributed by atoms with van der Waals surface area (Å²) in [6.07, 6.45) is 0.876. The van der Waals surface area contributed by atoms with E-state index in [2.05, 4.69) is 11.4 Å². The number of amides is 1. The van der Waals surface area contributed by atoms with Gasteiger partial charge in [-0.3, -0.25) is 9.59 Å². The van der Waals surface area contributed by atoms with E-state index in [0.717, 1.165) is 11.3 Å². The Labute approximate surface area is 138 Å². The average Bonchev–Trinajstić information content (AvgIpc) is 2.98. The lowest BCUT2D eigenvalue weighted by atomic mass is 10.1. The van der Waals surface area contributed by atoms with Gasteiger partial charge in [0.25, 0.3) is 0 Å². The van der Waals surface area contributed by atoms with Crippen LogP contribution >= 0.6 is 11.3 Å². The van der Waals surface area contributed by atoms with E-state index >= 15 is 0 Å². The smallest absolute Gasteiger partial charge is 0.314 e. The van der Waals surface area contributed by atoms with Gasteiger partial charge in [0.05, 0.1) is 13.0 Å². The predicted octanol–water partition coefficient (Wildman–Crippen LogP) is 3.32. The van der Waals surface area contributed by atoms with Crippen molar-refractivity contribution < 1.29 is 19.1 Å². The molecule has 0 saturated heterocycles. The number of benzene rings is 1. The average molecular weight is 331 g/mol. The van der Waals surface area contributed by atoms with Crippen LogP contribution in [0.15, 0.2) is 35.7 Å². The van der Waals surface area contributed by atoms with E-state index in [-0.39, 0.29) is 24.4 Å². The first-order valence-electron chi connectivity index (χ1n) is 7.38. The molecule has 2 aromatic rings. The number of nitrogens with one attached hydrogen (secondary N) is 1. The number of ether oxygens (including phenoxy) is 2. The highest BCUT2D eigenvalue weighted by Crippen LogP contribution is 2.34. The highest BCUT2D eigenvalue weighted by atomic mass is 32.1. The lowest BCUT2D eigenvalue weighted by Crippen LogP contribution is -2.19. The van der Waals surface area contributed by atoms with Crippen molar-refractivity contribution >= 4 is 28.9 Å². The molecule has 0 unspecified atom stereocenters. The molecule has 1 N–H and O–H groups in total. The monoisotopic (exact) mass is 331 g/mol. The van der Waals surface area contributed by atoms with E-state index in [4.69, 9.17) is 9.47 Å². The van der Waals surface area contributed by atoms with Crippen LogP contribution in [0.5, 0.6) is 5.75 Å². The largest absolute Gasteiger partial charge is 0.426 e. The Balaban J connectivity index is 1.59. The number of hydrogen-bond acceptors (Lipinski definition) is 5. The van der Waals surface area contributed by atoms with Gasteiger partial charge in [-0.2, -0.15) is 0 Å². The van der Waals surface area contributed by atoms with E-state index in [9.17, 15) is 9.59 Å². The van der Waals surface area contributed by atoms with Crippen molar-refractivity contribution in [3.8, 4) is 5.75 Å². The van der Waals surface area contributed by atoms with Crippen LogP contribution in [0.1, 0.15) is 29.9 Å². The van der Waals surface area contributed by atoms with Crippen LogP contribution in [0.2, 0.25) is 0 Å². The molecule has 0 spiro atoms. The first-order chi connectivity index (χ1) is 11.1. The molecule has 1 aliphatic heterocycles. The van der Waals surface area contributed by atoms with Gasteiger partial charge in [-0.15, -0.1) is 11.3 Å². The van der Waals surface area contributed by atoms with Gasteiger partial charge in [0.15, 0.2) is 0 Å². The summed E-state index contributed by atoms with van der Waals surface area (Å²) in [5.74, 6) is -0.0224. The lowest BCUT2D eigenvalue weighted by Gasteiger charge is -2.22. The number of rotatable bonds is 4. The van der Waals surface area contributed by atoms with Gasteiger partial charge >= 0.3 is 5.97 Å². The maximum atomic E-state index is 12.1. The summed E-state index contributed by atoms with van der Waals surface area (Å²) >= 11 is 1.62. The molecule has 1 aromatic carbocycles. The standard InChI is InChI=1S/C17H17NO4S/c1-11(19)18-13-2-4-14(5-3-13)22-16(20)10-15-17-12(6-8-21-15)7-9-23-17/h2-5,7,9,15H,6,8,10H2,1H3,(H,18,19)/t15-/m1/s1. The van der Waals surface area contributed by atoms with Crippen molar-refractivity contribution in [2.45, 2.75) is 25.9 Å². The van der Waals surface area contributed by atoms with Crippen molar-refractivity contribution in [1.29, 1.82) is 0 Å². The third-order valence-electron chi connectivity index (χ3n) is 3.52. The number of esters is 1. The third-order valence-corrected chi connectivity index (χ3v) is 4.57. The molecule has 23 heavy (non-hydrogen) atoms. The molecule has 5 nitrogen and oxygen atoms in total. The molecule has 6 heteroatoms. The minimum Gasteiger partial charge on any atom is -0.426 e. The van der Waals surface area contributed by atoms with Crippen molar-refractivity contribution in [3.63, 3.8) is 0 Å². The van der Waals surface area contributed by atoms with Crippen LogP contribution in [0.4, 0.5) is 5.69 Å². The summed E-state index contributed by atoms with van der Waals surface area (Å²) in [4.78, 5) is 24.2. The van der Waals surface area contributed by atoms with Crippen LogP contribution < -0.4 is 10.1 Å². The Morgan fingerprint density at radius 3 is 2.83 bits per heavy atom. The van der Waals surface area contributed by atoms with E-state index in [0.29, 0.717) is 18.0 Å². The number of carbonyl (C=O) groups excluding carboxylic acids is 2. The fourth-order valence-electron chi connectivity index (χ4n) is 2.51. The van der Waals surface area contributed by atoms with E-state index < -0.39 is 0 Å². The quantitative estimate of drug-likeness (QED) is 0.689. The second kappa shape index (κ2) is 6.93. The van der Waals surface area contributed by atoms with Gasteiger partial charge in [-0.25, -0.2) is 0 Å². The van der Waals surface area contributed by atoms with Crippen molar-refractivity contribution in [2.75, 3.05) is 11.9 Å². The molecule has 1 aliphatic rings. The van der Waals surface area contributed by atoms with Crippen molar-refractivity contribution in [1.82, 2.24) is 0 Å². The van der Waals surface area contributed by atoms with Crippen LogP contribution in [0, 0.1) is 0 Å². The fraction of sp³-hybridized carbons (Fsp3) is 0.294. The van der Waals surface area contributed by atoms with Crippen molar-refractivity contribution in [2.24, 2.45) is 0 Å². The normalized spacial score (nSPS) is 16.5. The molecule has 0 bridgehead atoms. The van der Waals surface area contributed by atoms with Gasteiger partial charge in [0, 0.05) is 17.5 Å². The summed E-state index contributed by atoms with van der Waals surface area (Å²) in [5.41, 5.74) is 1.93. The number of anilines is 1. The summed E-state index contributed by atoms with van der Waals surface area (Å²) < 4.78 is 11.0. The molecule has 0 saturated carbocycles. The zero-order valence-electron chi connectivity index (χ0n) is 12.7. The SMILES string of the molecule is CC(=O)Nc1ccc(OC(=O)C[C@H]2OCCc3ccsc32)cc1. The van der Waals surface area contributed by atoms with Crippen LogP contribution in [0.3, 0.4) is 0 Å². The van der Waals surface area contributed by atoms with Gasteiger partial charge < -0.3 is 14.8 Å². The number of carbonyl (C=O) groups is 2. The molecule has 2 heterocycles. The summed E-state index contributed by atoms with van der Waals surface area (Å²) in [6, 6.07) is 8.78. The molecule has 0 fully saturated rings. The summed E-state index contributed by atoms with van der Waals surface area (Å²) in [6.45, 7) is 2.07. The molecule has 120 valence electrons. The first kappa shape index (κ1) is 15.7. The second-order valence-corrected chi connectivity index (χ2v) is 6.25. The van der Waals surface area contributed by atoms with Crippen molar-refractivity contribution in [3.05, 3.63) is 46.2 Å². The Morgan fingerprint density at radius 2 is 2.09 bits per heavy atom. The topological polar surface area (TPSA) is 64.6 Å². The minimum atomic E-state index is -0.330. The van der Waals surface area contributed by atoms with Crippen LogP contribution in [-0.2, 0) is 20.7 Å². The van der Waals surface area contributed by atoms with Gasteiger partial charge in [-0.05, 0) is 47.7 Å². The summed E-state index contributed by atoms with van der Waals surface area (Å²) in [7, 11) is 0. The highest BCUT2D eigenvalue weighted by Gasteiger charge is 2.25. The Bertz CT molecular complexity index is 708. The maximum absolute atomic E-state index is 12.1. The zero-order chi connectivity index (χ0) is 16.2. The summed E-state index contributed by atoms with van der Waals surface area (Å²) in [5, 5.41) is 4.69. The predicted molar refractivity (Wildman–Crippen MR) is 87.7 cm³/mol. The molecule has 0 radical (unpaired) electrons. The number of fused-ring (bicyclic) bond motifs is 1. The maximum Gasteiger partial charge on any atom is 0.314 e. The molecule has 1 amide bonds. The molecule has 1 aromatic heterocycles. The van der Waals surface area contributed by atoms with E-state index in [1.165, 1.54) is 12.5 Å². The lowest BCUT2D eigenvalue weighted by molar-refractivity contribution is -0.137. The molecule has 1 atom stereocenters. The van der Waals surface area contributed by atoms with Gasteiger partial charge in [0.1, 0.15) is 11.9 Å². The Morgan fingerprint density at radius 1 is 1.30 bits per heavy atom. The van der Waals surface area contributed by atoms with Crippen LogP contribution in [-0.4, -0.2) is 18.5 Å². The molecular formula is C17H17NO4S. The minimum absolute atomic E-state index is 0.143. The van der Waals surface area contributed by atoms with Gasteiger partial charge in [0.2, 0.25) is 5.91 Å². The van der Waals surface area contributed by atoms with E-state index in [1.54, 1.807) is 35.6 Å². The highest BCUT2D eigenvalue weighted by molar-refractivity contribution is 7.10. The number of hydrogen-bond donors (Lipinski definition) is 1. The number of thiophene rings is 1. The zero-order valence-corrected chi connectivity index (χ0v) is 13.5. The molecular weight excluding hydrogens is 314 g/mol. The van der Waals surface area contributed by atoms with Crippen LogP contribution in [0.25, 0.3) is 0 Å². The third kappa shape index (κ3) is 3.97. The first-order valence-corrected chi connectivity index (χ1v) is 8.26. The van der Waals surface area contributed by atoms with E-state index in [1.807, 2.05) is 5.38 Å². The fourth-order valence-corrected chi connectivity index (χ4v) is 3.51. The van der Waals surface area contributed by atoms with Gasteiger partial charge in [-0.1, -0.05) is 0 Å². The second-order valence-electron chi connectivity index (χ2n) is 5.30. The Hall–Kier alpha value is -2.18. The molecule has 3 rings (SSSR count). The Kier molecular flexibility index (Phi) is 4.73. The molecule has 0 aliphatic carbocycles.